The summed E-state index contributed by atoms with van der Waals surface area (Å²) in [6, 6.07) is 10.0. The monoisotopic (exact) mass is 462 g/mol. The van der Waals surface area contributed by atoms with Crippen LogP contribution in [0.25, 0.3) is 11.1 Å². The number of rotatable bonds is 6. The Morgan fingerprint density at radius 3 is 2.44 bits per heavy atom. The van der Waals surface area contributed by atoms with Crippen molar-refractivity contribution in [3.63, 3.8) is 0 Å². The summed E-state index contributed by atoms with van der Waals surface area (Å²) in [7, 11) is -1.29. The van der Waals surface area contributed by atoms with Crippen molar-refractivity contribution in [2.75, 3.05) is 11.0 Å². The largest absolute Gasteiger partial charge is 0.454 e. The van der Waals surface area contributed by atoms with Crippen LogP contribution in [0, 0.1) is 18.6 Å². The SMILES string of the molecule is Cc1cc(-c2cc(NS(C)=O)ccc2Oc2ccc(F)cc2F)cn(C2CCC2)c1=O.O. The van der Waals surface area contributed by atoms with Gasteiger partial charge >= 0.3 is 0 Å². The maximum Gasteiger partial charge on any atom is 0.253 e. The third kappa shape index (κ3) is 4.89. The normalized spacial score (nSPS) is 14.2. The van der Waals surface area contributed by atoms with Crippen molar-refractivity contribution in [1.29, 1.82) is 0 Å². The van der Waals surface area contributed by atoms with Crippen LogP contribution in [0.4, 0.5) is 14.5 Å². The topological polar surface area (TPSA) is 91.8 Å². The first kappa shape index (κ1) is 23.6. The average molecular weight is 463 g/mol. The molecule has 6 nitrogen and oxygen atoms in total. The fourth-order valence-corrected chi connectivity index (χ4v) is 4.04. The Labute approximate surface area is 186 Å². The Balaban J connectivity index is 0.00000289. The Bertz CT molecular complexity index is 1230. The van der Waals surface area contributed by atoms with Crippen molar-refractivity contribution in [3.8, 4) is 22.6 Å². The number of nitrogens with one attached hydrogen (secondary N) is 1. The van der Waals surface area contributed by atoms with Gasteiger partial charge in [0.15, 0.2) is 11.6 Å². The summed E-state index contributed by atoms with van der Waals surface area (Å²) in [5, 5.41) is 0. The van der Waals surface area contributed by atoms with E-state index < -0.39 is 22.6 Å². The molecule has 2 aromatic carbocycles. The van der Waals surface area contributed by atoms with Gasteiger partial charge in [0, 0.05) is 46.9 Å². The van der Waals surface area contributed by atoms with Gasteiger partial charge in [-0.25, -0.2) is 13.0 Å². The third-order valence-corrected chi connectivity index (χ3v) is 5.88. The number of aromatic nitrogens is 1. The molecule has 9 heteroatoms. The zero-order chi connectivity index (χ0) is 22.1. The molecule has 0 bridgehead atoms. The summed E-state index contributed by atoms with van der Waals surface area (Å²) in [6.07, 6.45) is 6.28. The van der Waals surface area contributed by atoms with Crippen LogP contribution in [0.1, 0.15) is 30.9 Å². The lowest BCUT2D eigenvalue weighted by Crippen LogP contribution is -2.29. The van der Waals surface area contributed by atoms with Gasteiger partial charge < -0.3 is 19.5 Å². The molecule has 0 radical (unpaired) electrons. The molecule has 1 saturated carbocycles. The third-order valence-electron chi connectivity index (χ3n) is 5.36. The maximum atomic E-state index is 14.2. The van der Waals surface area contributed by atoms with E-state index in [1.54, 1.807) is 42.0 Å². The molecule has 1 aliphatic rings. The van der Waals surface area contributed by atoms with Gasteiger partial charge in [0.25, 0.3) is 5.56 Å². The molecule has 1 unspecified atom stereocenters. The van der Waals surface area contributed by atoms with E-state index in [9.17, 15) is 17.8 Å². The molecule has 3 aromatic rings. The van der Waals surface area contributed by atoms with Crippen LogP contribution in [0.2, 0.25) is 0 Å². The number of pyridine rings is 1. The highest BCUT2D eigenvalue weighted by atomic mass is 32.2. The Kier molecular flexibility index (Phi) is 7.10. The van der Waals surface area contributed by atoms with Crippen LogP contribution >= 0.6 is 0 Å². The molecule has 0 aliphatic heterocycles. The smallest absolute Gasteiger partial charge is 0.253 e. The van der Waals surface area contributed by atoms with Crippen LogP contribution in [0.15, 0.2) is 53.5 Å². The summed E-state index contributed by atoms with van der Waals surface area (Å²) < 4.78 is 49.5. The maximum absolute atomic E-state index is 14.2. The molecule has 1 aromatic heterocycles. The summed E-state index contributed by atoms with van der Waals surface area (Å²) >= 11 is 0. The number of hydrogen-bond acceptors (Lipinski definition) is 3. The minimum Gasteiger partial charge on any atom is -0.454 e. The molecular weight excluding hydrogens is 438 g/mol. The predicted octanol–water partition coefficient (Wildman–Crippen LogP) is 4.50. The fraction of sp³-hybridized carbons (Fsp3) is 0.261. The molecule has 170 valence electrons. The van der Waals surface area contributed by atoms with Crippen molar-refractivity contribution in [1.82, 2.24) is 4.57 Å². The van der Waals surface area contributed by atoms with Crippen molar-refractivity contribution >= 4 is 16.7 Å². The highest BCUT2D eigenvalue weighted by molar-refractivity contribution is 7.85. The number of aryl methyl sites for hydroxylation is 1. The molecule has 32 heavy (non-hydrogen) atoms. The first-order chi connectivity index (χ1) is 14.8. The second-order valence-corrected chi connectivity index (χ2v) is 8.77. The van der Waals surface area contributed by atoms with E-state index in [1.165, 1.54) is 12.3 Å². The summed E-state index contributed by atoms with van der Waals surface area (Å²) in [4.78, 5) is 12.6. The van der Waals surface area contributed by atoms with Crippen LogP contribution in [0.3, 0.4) is 0 Å². The van der Waals surface area contributed by atoms with Crippen LogP contribution in [-0.2, 0) is 11.0 Å². The molecule has 3 N–H and O–H groups in total. The second-order valence-electron chi connectivity index (χ2n) is 7.65. The summed E-state index contributed by atoms with van der Waals surface area (Å²) in [5.41, 5.74) is 2.44. The number of hydrogen-bond donors (Lipinski definition) is 1. The Hall–Kier alpha value is -3.04. The highest BCUT2D eigenvalue weighted by Crippen LogP contribution is 2.38. The van der Waals surface area contributed by atoms with E-state index in [-0.39, 0.29) is 22.8 Å². The fourth-order valence-electron chi connectivity index (χ4n) is 3.58. The Morgan fingerprint density at radius 2 is 1.81 bits per heavy atom. The molecule has 1 aliphatic carbocycles. The zero-order valence-corrected chi connectivity index (χ0v) is 18.5. The first-order valence-corrected chi connectivity index (χ1v) is 11.5. The van der Waals surface area contributed by atoms with E-state index in [2.05, 4.69) is 4.72 Å². The molecular formula is C23H24F2N2O4S. The molecule has 4 rings (SSSR count). The van der Waals surface area contributed by atoms with E-state index >= 15 is 0 Å². The van der Waals surface area contributed by atoms with Gasteiger partial charge in [-0.05, 0) is 62.6 Å². The lowest BCUT2D eigenvalue weighted by Gasteiger charge is -2.28. The average Bonchev–Trinajstić information content (AvgIpc) is 2.66. The standard InChI is InChI=1S/C23H22F2N2O3S.H2O/c1-14-10-15(13-27(23(14)28)18-4-3-5-18)19-12-17(26-31(2)29)7-9-21(19)30-22-8-6-16(24)11-20(22)25;/h6-13,18,26H,3-5H2,1-2H3;1H2. The predicted molar refractivity (Wildman–Crippen MR) is 121 cm³/mol. The van der Waals surface area contributed by atoms with Gasteiger partial charge in [-0.15, -0.1) is 0 Å². The number of halogens is 2. The molecule has 1 atom stereocenters. The number of anilines is 1. The van der Waals surface area contributed by atoms with Gasteiger partial charge in [0.1, 0.15) is 22.6 Å². The van der Waals surface area contributed by atoms with Crippen LogP contribution in [0.5, 0.6) is 11.5 Å². The highest BCUT2D eigenvalue weighted by Gasteiger charge is 2.22. The second kappa shape index (κ2) is 9.62. The van der Waals surface area contributed by atoms with E-state index in [1.807, 2.05) is 0 Å². The van der Waals surface area contributed by atoms with Gasteiger partial charge in [-0.2, -0.15) is 0 Å². The Morgan fingerprint density at radius 1 is 1.09 bits per heavy atom. The van der Waals surface area contributed by atoms with E-state index in [0.717, 1.165) is 31.4 Å². The van der Waals surface area contributed by atoms with Gasteiger partial charge in [0.05, 0.1) is 0 Å². The van der Waals surface area contributed by atoms with Gasteiger partial charge in [0.2, 0.25) is 0 Å². The number of benzene rings is 2. The number of nitrogens with zero attached hydrogens (tertiary/aromatic N) is 1. The molecule has 0 amide bonds. The van der Waals surface area contributed by atoms with E-state index in [0.29, 0.717) is 28.1 Å². The van der Waals surface area contributed by atoms with Crippen molar-refractivity contribution in [2.45, 2.75) is 32.2 Å². The van der Waals surface area contributed by atoms with Crippen LogP contribution < -0.4 is 15.0 Å². The van der Waals surface area contributed by atoms with Crippen molar-refractivity contribution in [2.24, 2.45) is 0 Å². The van der Waals surface area contributed by atoms with E-state index in [4.69, 9.17) is 4.74 Å². The number of ether oxygens (including phenoxy) is 1. The van der Waals surface area contributed by atoms with Gasteiger partial charge in [-0.1, -0.05) is 0 Å². The minimum atomic E-state index is -1.29. The lowest BCUT2D eigenvalue weighted by atomic mass is 9.92. The molecule has 0 saturated heterocycles. The quantitative estimate of drug-likeness (QED) is 0.585. The minimum absolute atomic E-state index is 0. The summed E-state index contributed by atoms with van der Waals surface area (Å²) in [6.45, 7) is 1.75. The molecule has 1 heterocycles. The molecule has 0 spiro atoms. The first-order valence-electron chi connectivity index (χ1n) is 9.92. The molecule has 1 fully saturated rings. The summed E-state index contributed by atoms with van der Waals surface area (Å²) in [5.74, 6) is -1.31. The van der Waals surface area contributed by atoms with Crippen molar-refractivity contribution in [3.05, 3.63) is 76.2 Å². The van der Waals surface area contributed by atoms with Crippen molar-refractivity contribution < 1.29 is 23.2 Å². The van der Waals surface area contributed by atoms with Crippen LogP contribution in [-0.4, -0.2) is 20.5 Å². The lowest BCUT2D eigenvalue weighted by molar-refractivity contribution is 0.306. The zero-order valence-electron chi connectivity index (χ0n) is 17.7. The van der Waals surface area contributed by atoms with Gasteiger partial charge in [-0.3, -0.25) is 4.79 Å².